The van der Waals surface area contributed by atoms with Crippen LogP contribution in [0.5, 0.6) is 0 Å². The second-order valence-corrected chi connectivity index (χ2v) is 2.30. The fraction of sp³-hybridized carbons (Fsp3) is 0.667. The van der Waals surface area contributed by atoms with Gasteiger partial charge in [-0.25, -0.2) is 0 Å². The lowest BCUT2D eigenvalue weighted by Crippen LogP contribution is -2.16. The molecule has 0 bridgehead atoms. The molecule has 0 radical (unpaired) electrons. The summed E-state index contributed by atoms with van der Waals surface area (Å²) in [5.41, 5.74) is 1.23. The molecule has 1 fully saturated rings. The van der Waals surface area contributed by atoms with E-state index in [1.807, 2.05) is 6.20 Å². The zero-order valence-electron chi connectivity index (χ0n) is 5.65. The first-order chi connectivity index (χ1) is 4.38. The van der Waals surface area contributed by atoms with Crippen LogP contribution in [0.15, 0.2) is 11.8 Å². The molecule has 0 aromatic heterocycles. The van der Waals surface area contributed by atoms with Crippen molar-refractivity contribution in [2.24, 2.45) is 5.92 Å². The number of nitrogens with one attached hydrogen (secondary N) is 2. The average molecular weight is 111 g/mol. The smallest absolute Gasteiger partial charge is 0.0476 e. The molecule has 0 saturated carbocycles. The highest BCUT2D eigenvalue weighted by molar-refractivity contribution is 5.18. The molecule has 0 aliphatic carbocycles. The summed E-state index contributed by atoms with van der Waals surface area (Å²) < 4.78 is 7.44. The summed E-state index contributed by atoms with van der Waals surface area (Å²) in [5.74, 6) is 0.604. The van der Waals surface area contributed by atoms with E-state index >= 15 is 0 Å². The van der Waals surface area contributed by atoms with E-state index in [4.69, 9.17) is 1.37 Å². The molecule has 1 unspecified atom stereocenters. The second kappa shape index (κ2) is 1.49. The maximum atomic E-state index is 7.44. The normalized spacial score (nSPS) is 45.0. The third-order valence-electron chi connectivity index (χ3n) is 1.74. The lowest BCUT2D eigenvalue weighted by Gasteiger charge is -1.97. The molecule has 2 nitrogen and oxygen atoms in total. The van der Waals surface area contributed by atoms with Gasteiger partial charge in [0, 0.05) is 26.9 Å². The molecule has 2 heteroatoms. The molecule has 2 aliphatic rings. The van der Waals surface area contributed by atoms with Crippen LogP contribution in [0.1, 0.15) is 1.37 Å². The van der Waals surface area contributed by atoms with Crippen LogP contribution in [0.4, 0.5) is 0 Å². The minimum atomic E-state index is -0.134. The van der Waals surface area contributed by atoms with Crippen molar-refractivity contribution in [3.05, 3.63) is 11.8 Å². The molecule has 2 aliphatic heterocycles. The van der Waals surface area contributed by atoms with Gasteiger partial charge in [0.15, 0.2) is 0 Å². The predicted octanol–water partition coefficient (Wildman–Crippen LogP) is -0.307. The van der Waals surface area contributed by atoms with E-state index in [-0.39, 0.29) is 6.52 Å². The van der Waals surface area contributed by atoms with E-state index in [9.17, 15) is 0 Å². The highest BCUT2D eigenvalue weighted by Gasteiger charge is 2.22. The summed E-state index contributed by atoms with van der Waals surface area (Å²) in [6, 6.07) is 0. The van der Waals surface area contributed by atoms with Crippen LogP contribution in [0.25, 0.3) is 0 Å². The molecule has 2 heterocycles. The quantitative estimate of drug-likeness (QED) is 0.448. The Morgan fingerprint density at radius 2 is 2.75 bits per heavy atom. The van der Waals surface area contributed by atoms with Crippen molar-refractivity contribution in [3.63, 3.8) is 0 Å². The monoisotopic (exact) mass is 111 g/mol. The summed E-state index contributed by atoms with van der Waals surface area (Å²) in [4.78, 5) is 0. The van der Waals surface area contributed by atoms with Crippen molar-refractivity contribution in [1.29, 1.82) is 0 Å². The summed E-state index contributed by atoms with van der Waals surface area (Å²) in [5, 5.41) is 6.21. The molecule has 1 saturated heterocycles. The highest BCUT2D eigenvalue weighted by atomic mass is 15.0. The first-order valence-electron chi connectivity index (χ1n) is 3.54. The summed E-state index contributed by atoms with van der Waals surface area (Å²) in [7, 11) is 0. The molecular weight excluding hydrogens is 100 g/mol. The topological polar surface area (TPSA) is 24.1 Å². The molecule has 0 aromatic rings. The van der Waals surface area contributed by atoms with Gasteiger partial charge >= 0.3 is 0 Å². The Hall–Kier alpha value is -0.500. The Morgan fingerprint density at radius 1 is 1.75 bits per heavy atom. The minimum absolute atomic E-state index is 0.134. The molecule has 0 spiro atoms. The molecule has 0 amide bonds. The molecular formula is C6H10N2. The van der Waals surface area contributed by atoms with Crippen molar-refractivity contribution in [1.82, 2.24) is 10.6 Å². The zero-order chi connectivity index (χ0) is 6.27. The predicted molar refractivity (Wildman–Crippen MR) is 32.4 cm³/mol. The standard InChI is InChI=1S/C6H10N2/c1-5-2-8-4-6(5)3-7-1/h1,6-8H,2-4H2/t6-/m0/s1/i2D/t2?,6-. The highest BCUT2D eigenvalue weighted by Crippen LogP contribution is 2.17. The van der Waals surface area contributed by atoms with Gasteiger partial charge in [-0.3, -0.25) is 0 Å². The van der Waals surface area contributed by atoms with Crippen molar-refractivity contribution in [2.75, 3.05) is 19.6 Å². The van der Waals surface area contributed by atoms with Gasteiger partial charge in [-0.05, 0) is 11.8 Å². The van der Waals surface area contributed by atoms with Crippen molar-refractivity contribution < 1.29 is 1.37 Å². The Kier molecular flexibility index (Phi) is 0.653. The van der Waals surface area contributed by atoms with Crippen molar-refractivity contribution >= 4 is 0 Å². The average Bonchev–Trinajstić information content (AvgIpc) is 2.35. The van der Waals surface area contributed by atoms with E-state index in [0.29, 0.717) is 5.92 Å². The Morgan fingerprint density at radius 3 is 3.62 bits per heavy atom. The van der Waals surface area contributed by atoms with Crippen LogP contribution in [-0.4, -0.2) is 19.6 Å². The lowest BCUT2D eigenvalue weighted by atomic mass is 10.1. The Balaban J connectivity index is 2.22. The SMILES string of the molecule is [2H]C1NC[C@@H]2CNC=C12. The third-order valence-corrected chi connectivity index (χ3v) is 1.74. The fourth-order valence-electron chi connectivity index (χ4n) is 1.22. The molecule has 2 N–H and O–H groups in total. The summed E-state index contributed by atoms with van der Waals surface area (Å²) in [6.45, 7) is 1.87. The van der Waals surface area contributed by atoms with Gasteiger partial charge in [-0.2, -0.15) is 0 Å². The van der Waals surface area contributed by atoms with Gasteiger partial charge in [-0.15, -0.1) is 0 Å². The molecule has 8 heavy (non-hydrogen) atoms. The van der Waals surface area contributed by atoms with Gasteiger partial charge in [0.05, 0.1) is 0 Å². The molecule has 0 aromatic carbocycles. The maximum Gasteiger partial charge on any atom is 0.0476 e. The minimum Gasteiger partial charge on any atom is -0.390 e. The van der Waals surface area contributed by atoms with E-state index in [1.165, 1.54) is 5.57 Å². The first kappa shape index (κ1) is 3.51. The van der Waals surface area contributed by atoms with Crippen LogP contribution >= 0.6 is 0 Å². The van der Waals surface area contributed by atoms with Crippen LogP contribution in [0.2, 0.25) is 0 Å². The van der Waals surface area contributed by atoms with E-state index in [0.717, 1.165) is 13.1 Å². The largest absolute Gasteiger partial charge is 0.390 e. The lowest BCUT2D eigenvalue weighted by molar-refractivity contribution is 0.652. The fourth-order valence-corrected chi connectivity index (χ4v) is 1.22. The molecule has 2 rings (SSSR count). The van der Waals surface area contributed by atoms with Gasteiger partial charge in [0.1, 0.15) is 0 Å². The Labute approximate surface area is 50.4 Å². The van der Waals surface area contributed by atoms with Gasteiger partial charge < -0.3 is 10.6 Å². The van der Waals surface area contributed by atoms with Crippen molar-refractivity contribution in [2.45, 2.75) is 0 Å². The summed E-state index contributed by atoms with van der Waals surface area (Å²) in [6.07, 6.45) is 1.97. The molecule has 2 atom stereocenters. The van der Waals surface area contributed by atoms with Crippen LogP contribution in [-0.2, 0) is 0 Å². The second-order valence-electron chi connectivity index (χ2n) is 2.30. The van der Waals surface area contributed by atoms with E-state index < -0.39 is 0 Å². The number of hydrogen-bond donors (Lipinski definition) is 2. The maximum absolute atomic E-state index is 7.44. The van der Waals surface area contributed by atoms with Crippen LogP contribution < -0.4 is 10.6 Å². The first-order valence-corrected chi connectivity index (χ1v) is 2.97. The van der Waals surface area contributed by atoms with E-state index in [2.05, 4.69) is 10.6 Å². The number of hydrogen-bond acceptors (Lipinski definition) is 2. The number of rotatable bonds is 0. The van der Waals surface area contributed by atoms with Gasteiger partial charge in [0.25, 0.3) is 0 Å². The number of fused-ring (bicyclic) bond motifs is 1. The zero-order valence-corrected chi connectivity index (χ0v) is 4.65. The van der Waals surface area contributed by atoms with Gasteiger partial charge in [-0.1, -0.05) is 0 Å². The Bertz CT molecular complexity index is 155. The third kappa shape index (κ3) is 0.464. The molecule has 44 valence electrons. The van der Waals surface area contributed by atoms with Gasteiger partial charge in [0.2, 0.25) is 0 Å². The van der Waals surface area contributed by atoms with Crippen LogP contribution in [0, 0.1) is 5.92 Å². The van der Waals surface area contributed by atoms with Crippen LogP contribution in [0.3, 0.4) is 0 Å². The van der Waals surface area contributed by atoms with Crippen molar-refractivity contribution in [3.8, 4) is 0 Å². The summed E-state index contributed by atoms with van der Waals surface area (Å²) >= 11 is 0. The van der Waals surface area contributed by atoms with E-state index in [1.54, 1.807) is 0 Å².